The highest BCUT2D eigenvalue weighted by Gasteiger charge is 2.23. The maximum absolute atomic E-state index is 4.05. The highest BCUT2D eigenvalue weighted by molar-refractivity contribution is 5.48. The summed E-state index contributed by atoms with van der Waals surface area (Å²) in [7, 11) is 0. The highest BCUT2D eigenvalue weighted by atomic mass is 15.4. The maximum Gasteiger partial charge on any atom is 0.0944 e. The summed E-state index contributed by atoms with van der Waals surface area (Å²) in [5.74, 6) is 0. The quantitative estimate of drug-likeness (QED) is 0.832. The van der Waals surface area contributed by atoms with Crippen LogP contribution < -0.4 is 10.2 Å². The van der Waals surface area contributed by atoms with Gasteiger partial charge in [0.2, 0.25) is 0 Å². The van der Waals surface area contributed by atoms with Crippen LogP contribution >= 0.6 is 0 Å². The lowest BCUT2D eigenvalue weighted by molar-refractivity contribution is 0.241. The second kappa shape index (κ2) is 4.75. The van der Waals surface area contributed by atoms with Crippen LogP contribution in [-0.2, 0) is 0 Å². The number of nitrogens with zero attached hydrogens (tertiary/aromatic N) is 3. The molecular weight excluding hydrogens is 212 g/mol. The van der Waals surface area contributed by atoms with Crippen molar-refractivity contribution in [2.45, 2.75) is 18.9 Å². The van der Waals surface area contributed by atoms with Crippen LogP contribution in [0.1, 0.15) is 12.8 Å². The van der Waals surface area contributed by atoms with Gasteiger partial charge in [0.1, 0.15) is 0 Å². The average molecular weight is 230 g/mol. The van der Waals surface area contributed by atoms with Crippen LogP contribution in [-0.4, -0.2) is 35.7 Å². The number of aromatic nitrogens is 1. The van der Waals surface area contributed by atoms with Gasteiger partial charge in [-0.05, 0) is 38.1 Å². The monoisotopic (exact) mass is 230 g/mol. The van der Waals surface area contributed by atoms with Crippen molar-refractivity contribution in [2.24, 2.45) is 0 Å². The van der Waals surface area contributed by atoms with Crippen LogP contribution in [0.4, 0.5) is 5.69 Å². The van der Waals surface area contributed by atoms with E-state index in [0.717, 1.165) is 19.8 Å². The molecule has 4 heteroatoms. The van der Waals surface area contributed by atoms with Gasteiger partial charge in [0.15, 0.2) is 0 Å². The molecular formula is C13H18N4. The second-order valence-electron chi connectivity index (χ2n) is 4.61. The zero-order valence-electron chi connectivity index (χ0n) is 9.92. The van der Waals surface area contributed by atoms with Crippen molar-refractivity contribution in [3.05, 3.63) is 36.9 Å². The van der Waals surface area contributed by atoms with E-state index in [9.17, 15) is 0 Å². The van der Waals surface area contributed by atoms with Crippen LogP contribution in [0.25, 0.3) is 0 Å². The lowest BCUT2D eigenvalue weighted by atomic mass is 10.1. The molecule has 17 heavy (non-hydrogen) atoms. The molecule has 0 atom stereocenters. The summed E-state index contributed by atoms with van der Waals surface area (Å²) >= 11 is 0. The summed E-state index contributed by atoms with van der Waals surface area (Å²) in [6, 6.07) is 4.80. The Hall–Kier alpha value is -1.55. The summed E-state index contributed by atoms with van der Waals surface area (Å²) in [6.07, 6.45) is 10.6. The van der Waals surface area contributed by atoms with Gasteiger partial charge in [0.25, 0.3) is 0 Å². The Labute approximate surface area is 102 Å². The standard InChI is InChI=1S/C13H18N4/c1-5-14-6-2-12(1)16-9-10-17(11-16)13-3-7-15-8-4-13/h1-2,5-6,9-10,13,15H,3-4,7-8,11H2. The Bertz CT molecular complexity index is 384. The molecule has 0 amide bonds. The molecule has 1 aromatic rings. The lowest BCUT2D eigenvalue weighted by Gasteiger charge is -2.32. The number of piperidine rings is 1. The summed E-state index contributed by atoms with van der Waals surface area (Å²) in [4.78, 5) is 8.77. The van der Waals surface area contributed by atoms with Crippen molar-refractivity contribution in [3.63, 3.8) is 0 Å². The maximum atomic E-state index is 4.05. The van der Waals surface area contributed by atoms with E-state index < -0.39 is 0 Å². The molecule has 0 saturated carbocycles. The van der Waals surface area contributed by atoms with E-state index in [1.807, 2.05) is 12.4 Å². The van der Waals surface area contributed by atoms with Crippen molar-refractivity contribution in [3.8, 4) is 0 Å². The van der Waals surface area contributed by atoms with Crippen LogP contribution in [0.5, 0.6) is 0 Å². The number of anilines is 1. The van der Waals surface area contributed by atoms with E-state index in [1.54, 1.807) is 0 Å². The topological polar surface area (TPSA) is 31.4 Å². The van der Waals surface area contributed by atoms with Gasteiger partial charge in [0, 0.05) is 36.5 Å². The van der Waals surface area contributed by atoms with Gasteiger partial charge in [0.05, 0.1) is 6.67 Å². The molecule has 3 heterocycles. The third-order valence-corrected chi connectivity index (χ3v) is 3.53. The zero-order chi connectivity index (χ0) is 11.5. The fourth-order valence-corrected chi connectivity index (χ4v) is 2.52. The van der Waals surface area contributed by atoms with Gasteiger partial charge >= 0.3 is 0 Å². The molecule has 90 valence electrons. The lowest BCUT2D eigenvalue weighted by Crippen LogP contribution is -2.41. The van der Waals surface area contributed by atoms with Gasteiger partial charge in [-0.1, -0.05) is 0 Å². The average Bonchev–Trinajstić information content (AvgIpc) is 2.90. The largest absolute Gasteiger partial charge is 0.355 e. The molecule has 1 aromatic heterocycles. The predicted molar refractivity (Wildman–Crippen MR) is 68.5 cm³/mol. The van der Waals surface area contributed by atoms with Crippen LogP contribution in [0, 0.1) is 0 Å². The van der Waals surface area contributed by atoms with Crippen molar-refractivity contribution in [1.29, 1.82) is 0 Å². The van der Waals surface area contributed by atoms with Crippen molar-refractivity contribution >= 4 is 5.69 Å². The first-order chi connectivity index (χ1) is 8.43. The van der Waals surface area contributed by atoms with Gasteiger partial charge in [-0.3, -0.25) is 4.98 Å². The highest BCUT2D eigenvalue weighted by Crippen LogP contribution is 2.22. The SMILES string of the molecule is C1=CN(C2CCNCC2)CN1c1ccncc1. The molecule has 0 unspecified atom stereocenters. The summed E-state index contributed by atoms with van der Waals surface area (Å²) in [5.41, 5.74) is 1.22. The molecule has 0 spiro atoms. The van der Waals surface area contributed by atoms with E-state index in [0.29, 0.717) is 6.04 Å². The molecule has 1 N–H and O–H groups in total. The van der Waals surface area contributed by atoms with E-state index in [-0.39, 0.29) is 0 Å². The van der Waals surface area contributed by atoms with Crippen molar-refractivity contribution < 1.29 is 0 Å². The molecule has 0 bridgehead atoms. The molecule has 1 saturated heterocycles. The minimum Gasteiger partial charge on any atom is -0.355 e. The van der Waals surface area contributed by atoms with Crippen LogP contribution in [0.3, 0.4) is 0 Å². The fraction of sp³-hybridized carbons (Fsp3) is 0.462. The first-order valence-corrected chi connectivity index (χ1v) is 6.25. The van der Waals surface area contributed by atoms with Crippen molar-refractivity contribution in [2.75, 3.05) is 24.7 Å². The number of nitrogens with one attached hydrogen (secondary N) is 1. The fourth-order valence-electron chi connectivity index (χ4n) is 2.52. The third-order valence-electron chi connectivity index (χ3n) is 3.53. The Morgan fingerprint density at radius 3 is 2.65 bits per heavy atom. The zero-order valence-corrected chi connectivity index (χ0v) is 9.92. The summed E-state index contributed by atoms with van der Waals surface area (Å²) in [6.45, 7) is 3.25. The molecule has 4 nitrogen and oxygen atoms in total. The Kier molecular flexibility index (Phi) is 2.96. The van der Waals surface area contributed by atoms with Crippen LogP contribution in [0.15, 0.2) is 36.9 Å². The molecule has 0 aliphatic carbocycles. The smallest absolute Gasteiger partial charge is 0.0944 e. The third kappa shape index (κ3) is 2.26. The van der Waals surface area contributed by atoms with E-state index in [4.69, 9.17) is 0 Å². The van der Waals surface area contributed by atoms with E-state index >= 15 is 0 Å². The Balaban J connectivity index is 1.64. The van der Waals surface area contributed by atoms with E-state index in [1.165, 1.54) is 18.5 Å². The Morgan fingerprint density at radius 2 is 1.88 bits per heavy atom. The number of pyridine rings is 1. The van der Waals surface area contributed by atoms with Gasteiger partial charge < -0.3 is 15.1 Å². The molecule has 2 aliphatic heterocycles. The molecule has 0 aromatic carbocycles. The number of hydrogen-bond acceptors (Lipinski definition) is 4. The summed E-state index contributed by atoms with van der Waals surface area (Å²) < 4.78 is 0. The molecule has 1 fully saturated rings. The summed E-state index contributed by atoms with van der Waals surface area (Å²) in [5, 5.41) is 3.41. The van der Waals surface area contributed by atoms with Gasteiger partial charge in [-0.2, -0.15) is 0 Å². The first-order valence-electron chi connectivity index (χ1n) is 6.25. The van der Waals surface area contributed by atoms with Crippen LogP contribution in [0.2, 0.25) is 0 Å². The molecule has 2 aliphatic rings. The first kappa shape index (κ1) is 10.6. The molecule has 0 radical (unpaired) electrons. The number of rotatable bonds is 2. The minimum atomic E-state index is 0.694. The normalized spacial score (nSPS) is 21.2. The second-order valence-corrected chi connectivity index (χ2v) is 4.61. The number of hydrogen-bond donors (Lipinski definition) is 1. The Morgan fingerprint density at radius 1 is 1.12 bits per heavy atom. The van der Waals surface area contributed by atoms with Gasteiger partial charge in [-0.25, -0.2) is 0 Å². The molecule has 3 rings (SSSR count). The van der Waals surface area contributed by atoms with Crippen molar-refractivity contribution in [1.82, 2.24) is 15.2 Å². The minimum absolute atomic E-state index is 0.694. The van der Waals surface area contributed by atoms with Gasteiger partial charge in [-0.15, -0.1) is 0 Å². The predicted octanol–water partition coefficient (Wildman–Crippen LogP) is 1.38. The van der Waals surface area contributed by atoms with E-state index in [2.05, 4.69) is 44.6 Å².